The summed E-state index contributed by atoms with van der Waals surface area (Å²) in [5.41, 5.74) is 1.45. The summed E-state index contributed by atoms with van der Waals surface area (Å²) < 4.78 is 2.35. The molecule has 0 atom stereocenters. The van der Waals surface area contributed by atoms with E-state index in [0.717, 1.165) is 24.8 Å². The van der Waals surface area contributed by atoms with Gasteiger partial charge in [-0.3, -0.25) is 0 Å². The summed E-state index contributed by atoms with van der Waals surface area (Å²) in [6, 6.07) is 0. The average molecular weight is 251 g/mol. The van der Waals surface area contributed by atoms with E-state index in [4.69, 9.17) is 0 Å². The first-order chi connectivity index (χ1) is 8.29. The Kier molecular flexibility index (Phi) is 5.39. The minimum Gasteiger partial charge on any atom is -0.331 e. The van der Waals surface area contributed by atoms with Crippen LogP contribution >= 0.6 is 0 Å². The maximum atomic E-state index is 4.44. The number of hydrogen-bond donors (Lipinski definition) is 1. The first kappa shape index (κ1) is 15.2. The third kappa shape index (κ3) is 5.21. The lowest BCUT2D eigenvalue weighted by atomic mass is 10.1. The van der Waals surface area contributed by atoms with Crippen molar-refractivity contribution in [2.45, 2.75) is 73.0 Å². The van der Waals surface area contributed by atoms with Crippen molar-refractivity contribution in [3.8, 4) is 0 Å². The van der Waals surface area contributed by atoms with Gasteiger partial charge in [0, 0.05) is 24.8 Å². The van der Waals surface area contributed by atoms with Gasteiger partial charge in [-0.2, -0.15) is 0 Å². The molecular weight excluding hydrogens is 222 g/mol. The van der Waals surface area contributed by atoms with E-state index in [1.807, 2.05) is 6.20 Å². The molecule has 0 fully saturated rings. The molecule has 1 heterocycles. The number of aromatic nitrogens is 2. The van der Waals surface area contributed by atoms with E-state index < -0.39 is 0 Å². The Morgan fingerprint density at radius 2 is 2.00 bits per heavy atom. The molecule has 0 saturated heterocycles. The van der Waals surface area contributed by atoms with Gasteiger partial charge in [-0.1, -0.05) is 13.8 Å². The third-order valence-corrected chi connectivity index (χ3v) is 3.10. The highest BCUT2D eigenvalue weighted by atomic mass is 15.1. The fourth-order valence-electron chi connectivity index (χ4n) is 1.98. The second-order valence-electron chi connectivity index (χ2n) is 6.59. The molecule has 0 radical (unpaired) electrons. The smallest absolute Gasteiger partial charge is 0.105 e. The van der Waals surface area contributed by atoms with E-state index in [2.05, 4.69) is 56.4 Å². The molecule has 0 amide bonds. The molecule has 1 aromatic heterocycles. The molecule has 3 heteroatoms. The topological polar surface area (TPSA) is 29.9 Å². The summed E-state index contributed by atoms with van der Waals surface area (Å²) in [6.07, 6.45) is 4.52. The number of nitrogens with zero attached hydrogens (tertiary/aromatic N) is 2. The minimum absolute atomic E-state index is 0.154. The zero-order valence-electron chi connectivity index (χ0n) is 12.9. The summed E-state index contributed by atoms with van der Waals surface area (Å²) in [7, 11) is 0. The maximum Gasteiger partial charge on any atom is 0.105 e. The molecule has 1 aromatic rings. The van der Waals surface area contributed by atoms with Gasteiger partial charge in [0.05, 0.1) is 5.69 Å². The van der Waals surface area contributed by atoms with Crippen LogP contribution in [0.4, 0.5) is 0 Å². The van der Waals surface area contributed by atoms with Gasteiger partial charge < -0.3 is 9.88 Å². The summed E-state index contributed by atoms with van der Waals surface area (Å²) in [4.78, 5) is 4.44. The molecule has 0 saturated carbocycles. The lowest BCUT2D eigenvalue weighted by Gasteiger charge is -2.21. The molecule has 0 aliphatic heterocycles. The van der Waals surface area contributed by atoms with E-state index in [-0.39, 0.29) is 5.54 Å². The van der Waals surface area contributed by atoms with Crippen LogP contribution in [0.3, 0.4) is 0 Å². The van der Waals surface area contributed by atoms with Crippen LogP contribution in [0.25, 0.3) is 0 Å². The van der Waals surface area contributed by atoms with Gasteiger partial charge in [0.2, 0.25) is 0 Å². The highest BCUT2D eigenvalue weighted by Crippen LogP contribution is 2.11. The Morgan fingerprint density at radius 3 is 2.56 bits per heavy atom. The van der Waals surface area contributed by atoms with Crippen molar-refractivity contribution >= 4 is 0 Å². The van der Waals surface area contributed by atoms with Crippen molar-refractivity contribution in [2.24, 2.45) is 5.92 Å². The van der Waals surface area contributed by atoms with Crippen LogP contribution in [0.5, 0.6) is 0 Å². The summed E-state index contributed by atoms with van der Waals surface area (Å²) in [5, 5.41) is 3.53. The van der Waals surface area contributed by atoms with Gasteiger partial charge in [-0.15, -0.1) is 0 Å². The normalized spacial score (nSPS) is 12.4. The van der Waals surface area contributed by atoms with E-state index in [1.165, 1.54) is 18.5 Å². The first-order valence-electron chi connectivity index (χ1n) is 7.05. The van der Waals surface area contributed by atoms with Crippen molar-refractivity contribution in [1.82, 2.24) is 14.9 Å². The highest BCUT2D eigenvalue weighted by Gasteiger charge is 2.12. The third-order valence-electron chi connectivity index (χ3n) is 3.10. The lowest BCUT2D eigenvalue weighted by Crippen LogP contribution is -2.35. The van der Waals surface area contributed by atoms with Crippen molar-refractivity contribution in [3.05, 3.63) is 17.7 Å². The molecule has 0 spiro atoms. The summed E-state index contributed by atoms with van der Waals surface area (Å²) in [6.45, 7) is 15.2. The SMILES string of the molecule is Cc1ncc(CNC(C)(C)C)n1CCCC(C)C. The molecule has 104 valence electrons. The number of rotatable bonds is 6. The molecule has 0 aliphatic rings. The van der Waals surface area contributed by atoms with Gasteiger partial charge in [-0.25, -0.2) is 4.98 Å². The van der Waals surface area contributed by atoms with E-state index in [1.54, 1.807) is 0 Å². The van der Waals surface area contributed by atoms with Crippen molar-refractivity contribution in [1.29, 1.82) is 0 Å². The Morgan fingerprint density at radius 1 is 1.33 bits per heavy atom. The van der Waals surface area contributed by atoms with E-state index >= 15 is 0 Å². The summed E-state index contributed by atoms with van der Waals surface area (Å²) in [5.74, 6) is 1.91. The van der Waals surface area contributed by atoms with Gasteiger partial charge in [0.25, 0.3) is 0 Å². The van der Waals surface area contributed by atoms with Crippen LogP contribution in [0.15, 0.2) is 6.20 Å². The molecule has 0 unspecified atom stereocenters. The fourth-order valence-corrected chi connectivity index (χ4v) is 1.98. The average Bonchev–Trinajstić information content (AvgIpc) is 2.56. The molecule has 0 bridgehead atoms. The number of aryl methyl sites for hydroxylation is 1. The van der Waals surface area contributed by atoms with Gasteiger partial charge in [0.1, 0.15) is 5.82 Å². The van der Waals surface area contributed by atoms with Crippen molar-refractivity contribution < 1.29 is 0 Å². The fraction of sp³-hybridized carbons (Fsp3) is 0.800. The standard InChI is InChI=1S/C15H29N3/c1-12(2)8-7-9-18-13(3)16-10-14(18)11-17-15(4,5)6/h10,12,17H,7-9,11H2,1-6H3. The van der Waals surface area contributed by atoms with Crippen LogP contribution in [-0.2, 0) is 13.1 Å². The van der Waals surface area contributed by atoms with Crippen LogP contribution in [-0.4, -0.2) is 15.1 Å². The molecule has 1 rings (SSSR count). The van der Waals surface area contributed by atoms with Gasteiger partial charge in [-0.05, 0) is 46.5 Å². The van der Waals surface area contributed by atoms with Crippen LogP contribution < -0.4 is 5.32 Å². The molecule has 18 heavy (non-hydrogen) atoms. The van der Waals surface area contributed by atoms with E-state index in [9.17, 15) is 0 Å². The zero-order valence-corrected chi connectivity index (χ0v) is 12.9. The Hall–Kier alpha value is -0.830. The Balaban J connectivity index is 2.58. The second-order valence-corrected chi connectivity index (χ2v) is 6.59. The predicted octanol–water partition coefficient (Wildman–Crippen LogP) is 3.52. The number of hydrogen-bond acceptors (Lipinski definition) is 2. The quantitative estimate of drug-likeness (QED) is 0.838. The van der Waals surface area contributed by atoms with Crippen LogP contribution in [0.1, 0.15) is 59.0 Å². The Labute approximate surface area is 112 Å². The first-order valence-corrected chi connectivity index (χ1v) is 7.05. The second kappa shape index (κ2) is 6.37. The number of nitrogens with one attached hydrogen (secondary N) is 1. The van der Waals surface area contributed by atoms with E-state index in [0.29, 0.717) is 0 Å². The minimum atomic E-state index is 0.154. The highest BCUT2D eigenvalue weighted by molar-refractivity contribution is 5.04. The Bertz CT molecular complexity index is 358. The van der Waals surface area contributed by atoms with Gasteiger partial charge in [0.15, 0.2) is 0 Å². The molecule has 0 aliphatic carbocycles. The molecular formula is C15H29N3. The largest absolute Gasteiger partial charge is 0.331 e. The molecule has 0 aromatic carbocycles. The van der Waals surface area contributed by atoms with Crippen LogP contribution in [0.2, 0.25) is 0 Å². The maximum absolute atomic E-state index is 4.44. The lowest BCUT2D eigenvalue weighted by molar-refractivity contribution is 0.411. The van der Waals surface area contributed by atoms with Crippen LogP contribution in [0, 0.1) is 12.8 Å². The molecule has 1 N–H and O–H groups in total. The monoisotopic (exact) mass is 251 g/mol. The zero-order chi connectivity index (χ0) is 13.8. The predicted molar refractivity (Wildman–Crippen MR) is 77.6 cm³/mol. The molecule has 3 nitrogen and oxygen atoms in total. The van der Waals surface area contributed by atoms with Crippen molar-refractivity contribution in [3.63, 3.8) is 0 Å². The van der Waals surface area contributed by atoms with Crippen molar-refractivity contribution in [2.75, 3.05) is 0 Å². The summed E-state index contributed by atoms with van der Waals surface area (Å²) >= 11 is 0. The number of imidazole rings is 1. The van der Waals surface area contributed by atoms with Gasteiger partial charge >= 0.3 is 0 Å².